The molecule has 0 spiro atoms. The van der Waals surface area contributed by atoms with Gasteiger partial charge in [0.2, 0.25) is 0 Å². The molecule has 0 bridgehead atoms. The second-order valence-electron chi connectivity index (χ2n) is 8.21. The summed E-state index contributed by atoms with van der Waals surface area (Å²) in [6.07, 6.45) is 2.58. The lowest BCUT2D eigenvalue weighted by Gasteiger charge is -2.26. The second-order valence-corrected chi connectivity index (χ2v) is 9.02. The van der Waals surface area contributed by atoms with Crippen molar-refractivity contribution in [2.45, 2.75) is 13.3 Å². The van der Waals surface area contributed by atoms with Crippen LogP contribution in [0, 0.1) is 0 Å². The molecule has 2 aromatic carbocycles. The van der Waals surface area contributed by atoms with E-state index < -0.39 is 5.97 Å². The minimum Gasteiger partial charge on any atom is -0.495 e. The number of carbonyl (C=O) groups excluding carboxylic acids is 1. The first-order valence-electron chi connectivity index (χ1n) is 11.2. The molecule has 9 heteroatoms. The Morgan fingerprint density at radius 1 is 1.12 bits per heavy atom. The summed E-state index contributed by atoms with van der Waals surface area (Å²) in [4.78, 5) is 22.0. The highest BCUT2D eigenvalue weighted by Gasteiger charge is 2.22. The van der Waals surface area contributed by atoms with Gasteiger partial charge in [-0.1, -0.05) is 23.2 Å². The van der Waals surface area contributed by atoms with Crippen LogP contribution in [-0.4, -0.2) is 62.8 Å². The molecule has 0 amide bonds. The van der Waals surface area contributed by atoms with Crippen molar-refractivity contribution in [1.82, 2.24) is 9.88 Å². The molecule has 1 aromatic heterocycles. The molecule has 1 fully saturated rings. The van der Waals surface area contributed by atoms with E-state index in [0.29, 0.717) is 32.5 Å². The van der Waals surface area contributed by atoms with Gasteiger partial charge in [-0.2, -0.15) is 0 Å². The number of nitrogens with one attached hydrogen (secondary N) is 1. The quantitative estimate of drug-likeness (QED) is 0.439. The summed E-state index contributed by atoms with van der Waals surface area (Å²) in [7, 11) is 3.80. The van der Waals surface area contributed by atoms with Crippen molar-refractivity contribution < 1.29 is 14.3 Å². The van der Waals surface area contributed by atoms with E-state index >= 15 is 0 Å². The van der Waals surface area contributed by atoms with Crippen LogP contribution in [0.5, 0.6) is 5.75 Å². The molecule has 0 saturated carbocycles. The largest absolute Gasteiger partial charge is 0.495 e. The summed E-state index contributed by atoms with van der Waals surface area (Å²) in [5.74, 6) is 0.294. The number of benzene rings is 2. The Kier molecular flexibility index (Phi) is 7.66. The number of ether oxygens (including phenoxy) is 2. The van der Waals surface area contributed by atoms with Gasteiger partial charge < -0.3 is 24.6 Å². The number of hydrogen-bond acceptors (Lipinski definition) is 7. The van der Waals surface area contributed by atoms with E-state index in [0.717, 1.165) is 49.4 Å². The molecule has 2 heterocycles. The third-order valence-electron chi connectivity index (χ3n) is 5.91. The molecule has 1 saturated heterocycles. The van der Waals surface area contributed by atoms with Gasteiger partial charge in [-0.25, -0.2) is 4.79 Å². The molecule has 1 aliphatic heterocycles. The summed E-state index contributed by atoms with van der Waals surface area (Å²) in [6, 6.07) is 9.19. The molecular weight excluding hydrogens is 475 g/mol. The topological polar surface area (TPSA) is 66.9 Å². The highest BCUT2D eigenvalue weighted by molar-refractivity contribution is 6.42. The van der Waals surface area contributed by atoms with Gasteiger partial charge in [0.1, 0.15) is 11.3 Å². The van der Waals surface area contributed by atoms with Gasteiger partial charge >= 0.3 is 5.97 Å². The van der Waals surface area contributed by atoms with Crippen LogP contribution in [0.1, 0.15) is 23.7 Å². The lowest BCUT2D eigenvalue weighted by Crippen LogP contribution is -2.29. The van der Waals surface area contributed by atoms with Crippen molar-refractivity contribution in [2.75, 3.05) is 57.2 Å². The third kappa shape index (κ3) is 5.17. The summed E-state index contributed by atoms with van der Waals surface area (Å²) in [5, 5.41) is 5.01. The van der Waals surface area contributed by atoms with Crippen molar-refractivity contribution in [1.29, 1.82) is 0 Å². The van der Waals surface area contributed by atoms with E-state index in [-0.39, 0.29) is 6.61 Å². The predicted molar refractivity (Wildman–Crippen MR) is 138 cm³/mol. The van der Waals surface area contributed by atoms with Crippen LogP contribution in [0.2, 0.25) is 10.0 Å². The maximum atomic E-state index is 12.8. The maximum absolute atomic E-state index is 12.8. The first-order chi connectivity index (χ1) is 16.4. The van der Waals surface area contributed by atoms with Crippen LogP contribution in [-0.2, 0) is 4.74 Å². The van der Waals surface area contributed by atoms with Gasteiger partial charge in [0.15, 0.2) is 0 Å². The smallest absolute Gasteiger partial charge is 0.341 e. The van der Waals surface area contributed by atoms with Gasteiger partial charge in [0.25, 0.3) is 0 Å². The number of hydrogen-bond donors (Lipinski definition) is 1. The van der Waals surface area contributed by atoms with Crippen molar-refractivity contribution in [3.8, 4) is 5.75 Å². The van der Waals surface area contributed by atoms with Crippen LogP contribution in [0.3, 0.4) is 0 Å². The molecule has 7 nitrogen and oxygen atoms in total. The molecular formula is C25H28Cl2N4O3. The summed E-state index contributed by atoms with van der Waals surface area (Å²) >= 11 is 12.3. The molecule has 0 atom stereocenters. The van der Waals surface area contributed by atoms with Gasteiger partial charge in [-0.3, -0.25) is 4.98 Å². The number of rotatable bonds is 6. The zero-order valence-corrected chi connectivity index (χ0v) is 21.0. The molecule has 1 N–H and O–H groups in total. The second kappa shape index (κ2) is 10.7. The lowest BCUT2D eigenvalue weighted by atomic mass is 10.1. The number of anilines is 3. The summed E-state index contributed by atoms with van der Waals surface area (Å²) in [6.45, 7) is 5.82. The van der Waals surface area contributed by atoms with Crippen LogP contribution >= 0.6 is 23.2 Å². The number of pyridine rings is 1. The molecule has 0 aliphatic carbocycles. The first kappa shape index (κ1) is 24.4. The fourth-order valence-electron chi connectivity index (χ4n) is 4.12. The van der Waals surface area contributed by atoms with E-state index in [1.165, 1.54) is 6.20 Å². The number of esters is 1. The average molecular weight is 503 g/mol. The predicted octanol–water partition coefficient (Wildman–Crippen LogP) is 5.61. The van der Waals surface area contributed by atoms with Crippen LogP contribution in [0.4, 0.5) is 17.1 Å². The van der Waals surface area contributed by atoms with E-state index in [1.807, 2.05) is 18.2 Å². The van der Waals surface area contributed by atoms with Crippen LogP contribution in [0.15, 0.2) is 36.5 Å². The molecule has 4 rings (SSSR count). The average Bonchev–Trinajstić information content (AvgIpc) is 3.05. The third-order valence-corrected chi connectivity index (χ3v) is 6.65. The van der Waals surface area contributed by atoms with Crippen molar-refractivity contribution >= 4 is 57.1 Å². The molecule has 0 radical (unpaired) electrons. The molecule has 1 aliphatic rings. The molecule has 34 heavy (non-hydrogen) atoms. The fraction of sp³-hybridized carbons (Fsp3) is 0.360. The Balaban J connectivity index is 1.88. The van der Waals surface area contributed by atoms with Gasteiger partial charge in [-0.15, -0.1) is 0 Å². The van der Waals surface area contributed by atoms with Crippen LogP contribution < -0.4 is 15.0 Å². The minimum absolute atomic E-state index is 0.262. The Bertz CT molecular complexity index is 1200. The van der Waals surface area contributed by atoms with E-state index in [1.54, 1.807) is 26.2 Å². The highest BCUT2D eigenvalue weighted by atomic mass is 35.5. The Labute approximate surface area is 209 Å². The number of fused-ring (bicyclic) bond motifs is 1. The molecule has 0 unspecified atom stereocenters. The summed E-state index contributed by atoms with van der Waals surface area (Å²) in [5.41, 5.74) is 3.29. The minimum atomic E-state index is -0.451. The van der Waals surface area contributed by atoms with Crippen molar-refractivity contribution in [2.24, 2.45) is 0 Å². The van der Waals surface area contributed by atoms with E-state index in [9.17, 15) is 4.79 Å². The SMILES string of the molecule is CCOC(=O)c1cnc2cc(OC)c(N3CCCN(C)CC3)cc2c1Nc1ccc(Cl)c(Cl)c1. The molecule has 180 valence electrons. The zero-order valence-electron chi connectivity index (χ0n) is 19.5. The van der Waals surface area contributed by atoms with Crippen molar-refractivity contribution in [3.63, 3.8) is 0 Å². The zero-order chi connectivity index (χ0) is 24.2. The molecule has 3 aromatic rings. The standard InChI is InChI=1S/C25H28Cl2N4O3/c1-4-34-25(32)18-15-28-21-14-23(33-3)22(31-9-5-8-30(2)10-11-31)13-17(21)24(18)29-16-6-7-19(26)20(27)12-16/h6-7,12-15H,4-5,8-11H2,1-3H3,(H,28,29). The van der Waals surface area contributed by atoms with Crippen LogP contribution in [0.25, 0.3) is 10.9 Å². The normalized spacial score (nSPS) is 14.7. The fourth-order valence-corrected chi connectivity index (χ4v) is 4.42. The first-order valence-corrected chi connectivity index (χ1v) is 12.0. The van der Waals surface area contributed by atoms with E-state index in [4.69, 9.17) is 32.7 Å². The monoisotopic (exact) mass is 502 g/mol. The van der Waals surface area contributed by atoms with Crippen molar-refractivity contribution in [3.05, 3.63) is 52.1 Å². The Morgan fingerprint density at radius 3 is 2.68 bits per heavy atom. The number of methoxy groups -OCH3 is 1. The number of nitrogens with zero attached hydrogens (tertiary/aromatic N) is 3. The highest BCUT2D eigenvalue weighted by Crippen LogP contribution is 2.39. The lowest BCUT2D eigenvalue weighted by molar-refractivity contribution is 0.0527. The number of likely N-dealkylation sites (N-methyl/N-ethyl adjacent to an activating group) is 1. The number of carbonyl (C=O) groups is 1. The number of halogens is 2. The Morgan fingerprint density at radius 2 is 1.94 bits per heavy atom. The van der Waals surface area contributed by atoms with Gasteiger partial charge in [0.05, 0.1) is 40.7 Å². The Hall–Kier alpha value is -2.74. The van der Waals surface area contributed by atoms with Gasteiger partial charge in [-0.05, 0) is 51.2 Å². The maximum Gasteiger partial charge on any atom is 0.341 e. The van der Waals surface area contributed by atoms with Gasteiger partial charge in [0, 0.05) is 43.0 Å². The summed E-state index contributed by atoms with van der Waals surface area (Å²) < 4.78 is 11.0. The number of aromatic nitrogens is 1. The van der Waals surface area contributed by atoms with E-state index in [2.05, 4.69) is 27.1 Å².